The molecule has 2 aromatic carbocycles. The number of anilines is 1. The summed E-state index contributed by atoms with van der Waals surface area (Å²) < 4.78 is 13.7. The van der Waals surface area contributed by atoms with Crippen LogP contribution in [0.15, 0.2) is 59.5 Å². The van der Waals surface area contributed by atoms with Gasteiger partial charge in [0.2, 0.25) is 0 Å². The van der Waals surface area contributed by atoms with Crippen molar-refractivity contribution in [1.82, 2.24) is 0 Å². The van der Waals surface area contributed by atoms with Gasteiger partial charge in [-0.15, -0.1) is 11.3 Å². The van der Waals surface area contributed by atoms with Gasteiger partial charge in [-0.3, -0.25) is 14.5 Å². The molecule has 4 nitrogen and oxygen atoms in total. The summed E-state index contributed by atoms with van der Waals surface area (Å²) in [7, 11) is 0. The van der Waals surface area contributed by atoms with E-state index in [-0.39, 0.29) is 11.3 Å². The van der Waals surface area contributed by atoms with Crippen molar-refractivity contribution in [3.63, 3.8) is 0 Å². The Kier molecular flexibility index (Phi) is 5.03. The molecule has 3 aromatic rings. The molecule has 1 N–H and O–H groups in total. The maximum atomic E-state index is 13.7. The standard InChI is InChI=1S/C24H20FNO3S/c1-13-9-14(2)11-17(10-13)26-21(19-5-4-8-30-19)20(23(28)24(26)29)22(27)16-6-7-18(25)15(3)12-16/h4-12,21,27H,1-3H3/b22-20-. The lowest BCUT2D eigenvalue weighted by Crippen LogP contribution is -2.29. The van der Waals surface area contributed by atoms with Crippen LogP contribution in [0.3, 0.4) is 0 Å². The van der Waals surface area contributed by atoms with Crippen LogP contribution in [0.1, 0.15) is 33.2 Å². The zero-order valence-electron chi connectivity index (χ0n) is 16.8. The Balaban J connectivity index is 1.95. The van der Waals surface area contributed by atoms with Gasteiger partial charge in [0.05, 0.1) is 5.57 Å². The number of hydrogen-bond acceptors (Lipinski definition) is 4. The molecule has 1 aromatic heterocycles. The van der Waals surface area contributed by atoms with Crippen LogP contribution in [0, 0.1) is 26.6 Å². The predicted octanol–water partition coefficient (Wildman–Crippen LogP) is 5.44. The van der Waals surface area contributed by atoms with Gasteiger partial charge in [-0.2, -0.15) is 0 Å². The number of ketones is 1. The van der Waals surface area contributed by atoms with Crippen molar-refractivity contribution in [2.45, 2.75) is 26.8 Å². The van der Waals surface area contributed by atoms with Crippen LogP contribution in [0.5, 0.6) is 0 Å². The minimum absolute atomic E-state index is 0.00705. The molecule has 1 aliphatic heterocycles. The average molecular weight is 421 g/mol. The highest BCUT2D eigenvalue weighted by Crippen LogP contribution is 2.44. The number of halogens is 1. The summed E-state index contributed by atoms with van der Waals surface area (Å²) in [6, 6.07) is 12.7. The lowest BCUT2D eigenvalue weighted by molar-refractivity contribution is -0.132. The Labute approximate surface area is 177 Å². The van der Waals surface area contributed by atoms with Crippen molar-refractivity contribution in [3.8, 4) is 0 Å². The molecule has 0 radical (unpaired) electrons. The Morgan fingerprint density at radius 2 is 1.73 bits per heavy atom. The summed E-state index contributed by atoms with van der Waals surface area (Å²) in [6.45, 7) is 5.43. The molecule has 1 atom stereocenters. The topological polar surface area (TPSA) is 57.6 Å². The van der Waals surface area contributed by atoms with Gasteiger partial charge in [-0.05, 0) is 79.2 Å². The fourth-order valence-electron chi connectivity index (χ4n) is 3.85. The third-order valence-corrected chi connectivity index (χ3v) is 6.10. The maximum Gasteiger partial charge on any atom is 0.300 e. The molecule has 1 aliphatic rings. The van der Waals surface area contributed by atoms with Crippen molar-refractivity contribution < 1.29 is 19.1 Å². The number of aliphatic hydroxyl groups is 1. The van der Waals surface area contributed by atoms with E-state index >= 15 is 0 Å². The number of hydrogen-bond donors (Lipinski definition) is 1. The highest BCUT2D eigenvalue weighted by atomic mass is 32.1. The largest absolute Gasteiger partial charge is 0.507 e. The van der Waals surface area contributed by atoms with Crippen LogP contribution < -0.4 is 4.90 Å². The second-order valence-electron chi connectivity index (χ2n) is 7.49. The summed E-state index contributed by atoms with van der Waals surface area (Å²) in [6.07, 6.45) is 0. The summed E-state index contributed by atoms with van der Waals surface area (Å²) >= 11 is 1.40. The van der Waals surface area contributed by atoms with Gasteiger partial charge in [-0.25, -0.2) is 4.39 Å². The first-order chi connectivity index (χ1) is 14.3. The molecule has 6 heteroatoms. The monoisotopic (exact) mass is 421 g/mol. The second-order valence-corrected chi connectivity index (χ2v) is 8.47. The Morgan fingerprint density at radius 3 is 2.33 bits per heavy atom. The first-order valence-corrected chi connectivity index (χ1v) is 10.3. The van der Waals surface area contributed by atoms with Gasteiger partial charge in [0, 0.05) is 16.1 Å². The number of aryl methyl sites for hydroxylation is 3. The Bertz CT molecular complexity index is 1180. The van der Waals surface area contributed by atoms with E-state index < -0.39 is 23.5 Å². The molecule has 1 unspecified atom stereocenters. The molecule has 1 fully saturated rings. The minimum Gasteiger partial charge on any atom is -0.507 e. The fraction of sp³-hybridized carbons (Fsp3) is 0.167. The molecular weight excluding hydrogens is 401 g/mol. The van der Waals surface area contributed by atoms with Crippen LogP contribution in [-0.2, 0) is 9.59 Å². The average Bonchev–Trinajstić information content (AvgIpc) is 3.30. The summed E-state index contributed by atoms with van der Waals surface area (Å²) in [5.41, 5.74) is 3.18. The number of aliphatic hydroxyl groups excluding tert-OH is 1. The second kappa shape index (κ2) is 7.54. The van der Waals surface area contributed by atoms with E-state index in [1.807, 2.05) is 49.6 Å². The highest BCUT2D eigenvalue weighted by molar-refractivity contribution is 7.10. The van der Waals surface area contributed by atoms with Gasteiger partial charge < -0.3 is 5.11 Å². The van der Waals surface area contributed by atoms with E-state index in [0.29, 0.717) is 16.8 Å². The summed E-state index contributed by atoms with van der Waals surface area (Å²) in [5.74, 6) is -2.16. The first-order valence-electron chi connectivity index (χ1n) is 9.47. The van der Waals surface area contributed by atoms with Crippen molar-refractivity contribution in [2.24, 2.45) is 0 Å². The third kappa shape index (κ3) is 3.33. The van der Waals surface area contributed by atoms with Crippen molar-refractivity contribution in [2.75, 3.05) is 4.90 Å². The van der Waals surface area contributed by atoms with Gasteiger partial charge in [0.15, 0.2) is 0 Å². The van der Waals surface area contributed by atoms with Crippen LogP contribution >= 0.6 is 11.3 Å². The van der Waals surface area contributed by atoms with Crippen LogP contribution in [0.4, 0.5) is 10.1 Å². The third-order valence-electron chi connectivity index (χ3n) is 5.17. The number of carbonyl (C=O) groups excluding carboxylic acids is 2. The molecule has 1 amide bonds. The number of amides is 1. The normalized spacial score (nSPS) is 18.3. The fourth-order valence-corrected chi connectivity index (χ4v) is 4.68. The van der Waals surface area contributed by atoms with Crippen molar-refractivity contribution >= 4 is 34.5 Å². The van der Waals surface area contributed by atoms with Crippen LogP contribution in [0.2, 0.25) is 0 Å². The molecule has 30 heavy (non-hydrogen) atoms. The number of thiophene rings is 1. The smallest absolute Gasteiger partial charge is 0.300 e. The molecule has 0 spiro atoms. The van der Waals surface area contributed by atoms with Crippen molar-refractivity contribution in [1.29, 1.82) is 0 Å². The Morgan fingerprint density at radius 1 is 1.03 bits per heavy atom. The molecular formula is C24H20FNO3S. The minimum atomic E-state index is -0.757. The quantitative estimate of drug-likeness (QED) is 0.348. The number of benzene rings is 2. The lowest BCUT2D eigenvalue weighted by Gasteiger charge is -2.25. The van der Waals surface area contributed by atoms with E-state index in [1.165, 1.54) is 34.4 Å². The molecule has 2 heterocycles. The van der Waals surface area contributed by atoms with Gasteiger partial charge in [-0.1, -0.05) is 12.1 Å². The van der Waals surface area contributed by atoms with E-state index in [9.17, 15) is 19.1 Å². The number of Topliss-reactive ketones (excluding diaryl/α,β-unsaturated/α-hetero) is 1. The summed E-state index contributed by atoms with van der Waals surface area (Å²) in [5, 5.41) is 12.9. The van der Waals surface area contributed by atoms with E-state index in [2.05, 4.69) is 0 Å². The molecule has 4 rings (SSSR count). The number of carbonyl (C=O) groups is 2. The molecule has 1 saturated heterocycles. The van der Waals surface area contributed by atoms with E-state index in [4.69, 9.17) is 0 Å². The molecule has 152 valence electrons. The zero-order valence-corrected chi connectivity index (χ0v) is 17.6. The molecule has 0 bridgehead atoms. The van der Waals surface area contributed by atoms with Crippen LogP contribution in [0.25, 0.3) is 5.76 Å². The molecule has 0 aliphatic carbocycles. The van der Waals surface area contributed by atoms with Gasteiger partial charge in [0.1, 0.15) is 17.6 Å². The number of nitrogens with zero attached hydrogens (tertiary/aromatic N) is 1. The Hall–Kier alpha value is -3.25. The van der Waals surface area contributed by atoms with Crippen molar-refractivity contribution in [3.05, 3.63) is 92.4 Å². The maximum absolute atomic E-state index is 13.7. The van der Waals surface area contributed by atoms with Gasteiger partial charge in [0.25, 0.3) is 11.7 Å². The lowest BCUT2D eigenvalue weighted by atomic mass is 9.98. The predicted molar refractivity (Wildman–Crippen MR) is 116 cm³/mol. The first kappa shape index (κ1) is 20.0. The van der Waals surface area contributed by atoms with Crippen LogP contribution in [-0.4, -0.2) is 16.8 Å². The number of rotatable bonds is 3. The molecule has 0 saturated carbocycles. The highest BCUT2D eigenvalue weighted by Gasteiger charge is 2.47. The van der Waals surface area contributed by atoms with Gasteiger partial charge >= 0.3 is 0 Å². The SMILES string of the molecule is Cc1cc(C)cc(N2C(=O)C(=O)/C(=C(\O)c3ccc(F)c(C)c3)C2c2cccs2)c1. The zero-order chi connectivity index (χ0) is 21.6. The van der Waals surface area contributed by atoms with E-state index in [1.54, 1.807) is 6.92 Å². The summed E-state index contributed by atoms with van der Waals surface area (Å²) in [4.78, 5) is 28.3. The van der Waals surface area contributed by atoms with E-state index in [0.717, 1.165) is 16.0 Å².